The van der Waals surface area contributed by atoms with Crippen LogP contribution in [0.25, 0.3) is 0 Å². The first kappa shape index (κ1) is 14.8. The van der Waals surface area contributed by atoms with Crippen LogP contribution in [-0.2, 0) is 9.59 Å². The summed E-state index contributed by atoms with van der Waals surface area (Å²) >= 11 is 1.65. The van der Waals surface area contributed by atoms with Crippen LogP contribution in [0.3, 0.4) is 0 Å². The van der Waals surface area contributed by atoms with Crippen LogP contribution < -0.4 is 16.4 Å². The molecule has 20 heavy (non-hydrogen) atoms. The number of carbonyl (C=O) groups is 2. The van der Waals surface area contributed by atoms with Gasteiger partial charge in [0.15, 0.2) is 0 Å². The van der Waals surface area contributed by atoms with E-state index in [2.05, 4.69) is 10.6 Å². The van der Waals surface area contributed by atoms with Gasteiger partial charge in [-0.1, -0.05) is 0 Å². The summed E-state index contributed by atoms with van der Waals surface area (Å²) in [4.78, 5) is 23.7. The van der Waals surface area contributed by atoms with Gasteiger partial charge in [0, 0.05) is 10.6 Å². The summed E-state index contributed by atoms with van der Waals surface area (Å²) in [6, 6.07) is 4.37. The minimum Gasteiger partial charge on any atom is -0.348 e. The first-order valence-corrected chi connectivity index (χ1v) is 7.27. The lowest BCUT2D eigenvalue weighted by Crippen LogP contribution is -2.41. The summed E-state index contributed by atoms with van der Waals surface area (Å²) in [5.41, 5.74) is 5.93. The average Bonchev–Trinajstić information content (AvgIpc) is 2.45. The van der Waals surface area contributed by atoms with Crippen LogP contribution in [0.2, 0.25) is 0 Å². The molecule has 0 aliphatic carbocycles. The molecule has 0 spiro atoms. The van der Waals surface area contributed by atoms with Gasteiger partial charge in [0.05, 0.1) is 19.1 Å². The zero-order chi connectivity index (χ0) is 14.5. The van der Waals surface area contributed by atoms with Crippen LogP contribution in [0.15, 0.2) is 23.1 Å². The van der Waals surface area contributed by atoms with Crippen LogP contribution in [0.1, 0.15) is 18.0 Å². The van der Waals surface area contributed by atoms with Crippen molar-refractivity contribution in [1.29, 1.82) is 0 Å². The second-order valence-electron chi connectivity index (χ2n) is 4.42. The Morgan fingerprint density at radius 3 is 2.95 bits per heavy atom. The molecule has 0 fully saturated rings. The fraction of sp³-hybridized carbons (Fsp3) is 0.385. The number of hydrogen-bond acceptors (Lipinski definition) is 4. The summed E-state index contributed by atoms with van der Waals surface area (Å²) in [5.74, 6) is -0.148. The molecule has 1 atom stereocenters. The molecule has 0 aromatic heterocycles. The van der Waals surface area contributed by atoms with E-state index >= 15 is 0 Å². The van der Waals surface area contributed by atoms with Crippen molar-refractivity contribution in [3.8, 4) is 0 Å². The van der Waals surface area contributed by atoms with Crippen LogP contribution in [-0.4, -0.2) is 30.7 Å². The maximum absolute atomic E-state index is 13.3. The minimum absolute atomic E-state index is 0.121. The van der Waals surface area contributed by atoms with Crippen LogP contribution in [0, 0.1) is 5.82 Å². The molecule has 0 saturated carbocycles. The molecule has 0 saturated heterocycles. The Morgan fingerprint density at radius 1 is 1.40 bits per heavy atom. The lowest BCUT2D eigenvalue weighted by Gasteiger charge is -2.26. The Hall–Kier alpha value is -1.60. The largest absolute Gasteiger partial charge is 0.348 e. The third-order valence-electron chi connectivity index (χ3n) is 2.98. The van der Waals surface area contributed by atoms with E-state index in [0.29, 0.717) is 0 Å². The summed E-state index contributed by atoms with van der Waals surface area (Å²) in [5, 5.41) is 5.21. The van der Waals surface area contributed by atoms with Crippen molar-refractivity contribution in [1.82, 2.24) is 10.6 Å². The quantitative estimate of drug-likeness (QED) is 0.758. The topological polar surface area (TPSA) is 84.2 Å². The van der Waals surface area contributed by atoms with E-state index < -0.39 is 0 Å². The predicted octanol–water partition coefficient (Wildman–Crippen LogP) is 0.554. The van der Waals surface area contributed by atoms with Crippen molar-refractivity contribution < 1.29 is 14.0 Å². The van der Waals surface area contributed by atoms with Gasteiger partial charge in [-0.2, -0.15) is 0 Å². The number of benzene rings is 1. The Bertz CT molecular complexity index is 524. The van der Waals surface area contributed by atoms with Crippen molar-refractivity contribution in [3.05, 3.63) is 29.6 Å². The summed E-state index contributed by atoms with van der Waals surface area (Å²) in [6.45, 7) is -0.272. The number of halogens is 1. The van der Waals surface area contributed by atoms with Gasteiger partial charge in [0.1, 0.15) is 5.82 Å². The van der Waals surface area contributed by atoms with Crippen molar-refractivity contribution in [2.45, 2.75) is 17.4 Å². The number of nitrogens with two attached hydrogens (primary N) is 1. The second kappa shape index (κ2) is 6.71. The highest BCUT2D eigenvalue weighted by Gasteiger charge is 2.22. The van der Waals surface area contributed by atoms with Crippen LogP contribution in [0.4, 0.5) is 4.39 Å². The molecule has 2 rings (SSSR count). The maximum atomic E-state index is 13.3. The van der Waals surface area contributed by atoms with Gasteiger partial charge in [-0.3, -0.25) is 9.59 Å². The first-order valence-electron chi connectivity index (χ1n) is 6.28. The zero-order valence-electron chi connectivity index (χ0n) is 10.8. The smallest absolute Gasteiger partial charge is 0.239 e. The molecular weight excluding hydrogens is 281 g/mol. The maximum Gasteiger partial charge on any atom is 0.239 e. The van der Waals surface area contributed by atoms with Gasteiger partial charge in [-0.15, -0.1) is 11.8 Å². The molecule has 0 bridgehead atoms. The molecule has 1 aromatic carbocycles. The molecule has 1 aromatic rings. The van der Waals surface area contributed by atoms with E-state index in [1.807, 2.05) is 0 Å². The molecule has 1 heterocycles. The number of thioether (sulfide) groups is 1. The standard InChI is InChI=1S/C13H16FN3O2S/c14-8-1-2-11-9(5-8)10(3-4-20-11)17-13(19)7-16-12(18)6-15/h1-2,5,10H,3-4,6-7,15H2,(H,16,18)(H,17,19). The Balaban J connectivity index is 1.99. The van der Waals surface area contributed by atoms with Crippen molar-refractivity contribution in [2.75, 3.05) is 18.8 Å². The van der Waals surface area contributed by atoms with Crippen LogP contribution >= 0.6 is 11.8 Å². The lowest BCUT2D eigenvalue weighted by atomic mass is 10.0. The van der Waals surface area contributed by atoms with E-state index in [-0.39, 0.29) is 36.8 Å². The number of fused-ring (bicyclic) bond motifs is 1. The van der Waals surface area contributed by atoms with E-state index in [1.165, 1.54) is 12.1 Å². The van der Waals surface area contributed by atoms with Gasteiger partial charge >= 0.3 is 0 Å². The number of carbonyl (C=O) groups excluding carboxylic acids is 2. The molecule has 1 unspecified atom stereocenters. The van der Waals surface area contributed by atoms with Gasteiger partial charge in [-0.25, -0.2) is 4.39 Å². The summed E-state index contributed by atoms with van der Waals surface area (Å²) in [6.07, 6.45) is 0.734. The summed E-state index contributed by atoms with van der Waals surface area (Å²) in [7, 11) is 0. The van der Waals surface area contributed by atoms with E-state index in [9.17, 15) is 14.0 Å². The number of amides is 2. The molecule has 2 amide bonds. The van der Waals surface area contributed by atoms with Crippen molar-refractivity contribution >= 4 is 23.6 Å². The predicted molar refractivity (Wildman–Crippen MR) is 74.7 cm³/mol. The molecule has 5 nitrogen and oxygen atoms in total. The number of hydrogen-bond donors (Lipinski definition) is 3. The monoisotopic (exact) mass is 297 g/mol. The van der Waals surface area contributed by atoms with Crippen LogP contribution in [0.5, 0.6) is 0 Å². The summed E-state index contributed by atoms with van der Waals surface area (Å²) < 4.78 is 13.3. The third kappa shape index (κ3) is 3.71. The zero-order valence-corrected chi connectivity index (χ0v) is 11.6. The third-order valence-corrected chi connectivity index (χ3v) is 4.10. The van der Waals surface area contributed by atoms with Crippen molar-refractivity contribution in [3.63, 3.8) is 0 Å². The fourth-order valence-electron chi connectivity index (χ4n) is 2.01. The molecule has 0 radical (unpaired) electrons. The normalized spacial score (nSPS) is 17.2. The molecule has 4 N–H and O–H groups in total. The SMILES string of the molecule is NCC(=O)NCC(=O)NC1CCSc2ccc(F)cc21. The highest BCUT2D eigenvalue weighted by atomic mass is 32.2. The highest BCUT2D eigenvalue weighted by molar-refractivity contribution is 7.99. The number of nitrogens with one attached hydrogen (secondary N) is 2. The van der Waals surface area contributed by atoms with Gasteiger partial charge < -0.3 is 16.4 Å². The first-order chi connectivity index (χ1) is 9.60. The Kier molecular flexibility index (Phi) is 4.97. The van der Waals surface area contributed by atoms with E-state index in [4.69, 9.17) is 5.73 Å². The number of rotatable bonds is 4. The molecular formula is C13H16FN3O2S. The Morgan fingerprint density at radius 2 is 2.20 bits per heavy atom. The second-order valence-corrected chi connectivity index (χ2v) is 5.56. The van der Waals surface area contributed by atoms with Gasteiger partial charge in [0.25, 0.3) is 0 Å². The van der Waals surface area contributed by atoms with Crippen molar-refractivity contribution in [2.24, 2.45) is 5.73 Å². The molecule has 1 aliphatic heterocycles. The van der Waals surface area contributed by atoms with Gasteiger partial charge in [0.2, 0.25) is 11.8 Å². The van der Waals surface area contributed by atoms with E-state index in [1.54, 1.807) is 17.8 Å². The molecule has 1 aliphatic rings. The average molecular weight is 297 g/mol. The van der Waals surface area contributed by atoms with E-state index in [0.717, 1.165) is 22.6 Å². The lowest BCUT2D eigenvalue weighted by molar-refractivity contribution is -0.125. The minimum atomic E-state index is -0.384. The molecule has 7 heteroatoms. The molecule has 108 valence electrons. The highest BCUT2D eigenvalue weighted by Crippen LogP contribution is 2.36. The Labute approximate surface area is 120 Å². The fourth-order valence-corrected chi connectivity index (χ4v) is 3.12. The van der Waals surface area contributed by atoms with Gasteiger partial charge in [-0.05, 0) is 30.2 Å².